The third-order valence-electron chi connectivity index (χ3n) is 3.85. The van der Waals surface area contributed by atoms with E-state index in [0.717, 1.165) is 47.5 Å². The zero-order valence-corrected chi connectivity index (χ0v) is 14.5. The van der Waals surface area contributed by atoms with Gasteiger partial charge < -0.3 is 14.8 Å². The van der Waals surface area contributed by atoms with Crippen LogP contribution >= 0.6 is 11.3 Å². The minimum absolute atomic E-state index is 0.706. The van der Waals surface area contributed by atoms with Gasteiger partial charge in [0, 0.05) is 23.9 Å². The Kier molecular flexibility index (Phi) is 5.75. The molecule has 0 saturated heterocycles. The van der Waals surface area contributed by atoms with E-state index in [4.69, 9.17) is 9.47 Å². The number of nitrogens with zero attached hydrogens (tertiary/aromatic N) is 1. The molecule has 1 aromatic heterocycles. The van der Waals surface area contributed by atoms with E-state index in [0.29, 0.717) is 6.61 Å². The van der Waals surface area contributed by atoms with Crippen molar-refractivity contribution < 1.29 is 9.47 Å². The summed E-state index contributed by atoms with van der Waals surface area (Å²) in [6, 6.07) is 6.06. The van der Waals surface area contributed by atoms with E-state index in [-0.39, 0.29) is 0 Å². The van der Waals surface area contributed by atoms with Crippen LogP contribution in [0, 0.1) is 0 Å². The lowest BCUT2D eigenvalue weighted by Gasteiger charge is -2.08. The molecule has 0 saturated carbocycles. The smallest absolute Gasteiger partial charge is 0.183 e. The molecule has 0 fully saturated rings. The summed E-state index contributed by atoms with van der Waals surface area (Å²) in [6.07, 6.45) is 5.98. The van der Waals surface area contributed by atoms with E-state index >= 15 is 0 Å². The van der Waals surface area contributed by atoms with Crippen molar-refractivity contribution in [3.63, 3.8) is 0 Å². The summed E-state index contributed by atoms with van der Waals surface area (Å²) < 4.78 is 11.4. The Bertz CT molecular complexity index is 627. The van der Waals surface area contributed by atoms with Crippen molar-refractivity contribution in [2.45, 2.75) is 39.0 Å². The van der Waals surface area contributed by atoms with E-state index in [1.807, 2.05) is 18.2 Å². The average Bonchev–Trinajstić information content (AvgIpc) is 2.91. The van der Waals surface area contributed by atoms with Crippen LogP contribution < -0.4 is 14.8 Å². The molecule has 2 aromatic rings. The number of anilines is 1. The Morgan fingerprint density at radius 1 is 1.13 bits per heavy atom. The van der Waals surface area contributed by atoms with Crippen LogP contribution in [0.1, 0.15) is 39.0 Å². The molecule has 1 N–H and O–H groups in total. The van der Waals surface area contributed by atoms with Crippen LogP contribution in [0.15, 0.2) is 23.6 Å². The van der Waals surface area contributed by atoms with Crippen molar-refractivity contribution in [1.82, 2.24) is 4.98 Å². The Morgan fingerprint density at radius 2 is 2.00 bits per heavy atom. The van der Waals surface area contributed by atoms with Gasteiger partial charge in [0.2, 0.25) is 0 Å². The molecule has 1 aromatic carbocycles. The quantitative estimate of drug-likeness (QED) is 0.728. The molecule has 4 nitrogen and oxygen atoms in total. The maximum atomic E-state index is 5.75. The number of ether oxygens (including phenoxy) is 2. The zero-order chi connectivity index (χ0) is 15.9. The highest BCUT2D eigenvalue weighted by atomic mass is 32.1. The average molecular weight is 332 g/mol. The van der Waals surface area contributed by atoms with Crippen molar-refractivity contribution in [2.75, 3.05) is 25.1 Å². The summed E-state index contributed by atoms with van der Waals surface area (Å²) in [6.45, 7) is 4.65. The minimum Gasteiger partial charge on any atom is -0.490 e. The number of hydrogen-bond acceptors (Lipinski definition) is 5. The minimum atomic E-state index is 0.706. The largest absolute Gasteiger partial charge is 0.490 e. The topological polar surface area (TPSA) is 43.4 Å². The van der Waals surface area contributed by atoms with Gasteiger partial charge in [-0.05, 0) is 24.6 Å². The molecular formula is C18H24N2O2S. The fourth-order valence-corrected chi connectivity index (χ4v) is 3.31. The second-order valence-corrected chi connectivity index (χ2v) is 6.60. The molecule has 0 aliphatic carbocycles. The van der Waals surface area contributed by atoms with Gasteiger partial charge >= 0.3 is 0 Å². The molecule has 0 radical (unpaired) electrons. The van der Waals surface area contributed by atoms with Gasteiger partial charge in [-0.25, -0.2) is 4.98 Å². The van der Waals surface area contributed by atoms with Crippen LogP contribution in [0.3, 0.4) is 0 Å². The van der Waals surface area contributed by atoms with Crippen molar-refractivity contribution in [3.8, 4) is 22.8 Å². The summed E-state index contributed by atoms with van der Waals surface area (Å²) in [5.41, 5.74) is 2.06. The molecule has 1 aliphatic rings. The van der Waals surface area contributed by atoms with Crippen LogP contribution in [0.2, 0.25) is 0 Å². The number of hydrogen-bond donors (Lipinski definition) is 1. The van der Waals surface area contributed by atoms with Gasteiger partial charge in [-0.3, -0.25) is 0 Å². The normalized spacial score (nSPS) is 13.6. The van der Waals surface area contributed by atoms with E-state index in [9.17, 15) is 0 Å². The first-order valence-corrected chi connectivity index (χ1v) is 9.34. The number of benzene rings is 1. The van der Waals surface area contributed by atoms with Crippen molar-refractivity contribution >= 4 is 16.5 Å². The summed E-state index contributed by atoms with van der Waals surface area (Å²) in [5, 5.41) is 6.50. The van der Waals surface area contributed by atoms with Crippen LogP contribution in [0.25, 0.3) is 11.3 Å². The zero-order valence-electron chi connectivity index (χ0n) is 13.6. The second-order valence-electron chi connectivity index (χ2n) is 5.74. The fraction of sp³-hybridized carbons (Fsp3) is 0.500. The lowest BCUT2D eigenvalue weighted by molar-refractivity contribution is 0.297. The van der Waals surface area contributed by atoms with Gasteiger partial charge in [-0.2, -0.15) is 0 Å². The highest BCUT2D eigenvalue weighted by Gasteiger charge is 2.12. The van der Waals surface area contributed by atoms with Crippen LogP contribution in [-0.4, -0.2) is 24.7 Å². The number of nitrogens with one attached hydrogen (secondary N) is 1. The van der Waals surface area contributed by atoms with Crippen LogP contribution in [0.4, 0.5) is 5.13 Å². The maximum Gasteiger partial charge on any atom is 0.183 e. The van der Waals surface area contributed by atoms with Crippen LogP contribution in [0.5, 0.6) is 11.5 Å². The molecule has 0 atom stereocenters. The summed E-state index contributed by atoms with van der Waals surface area (Å²) >= 11 is 1.66. The lowest BCUT2D eigenvalue weighted by Crippen LogP contribution is -2.00. The standard InChI is InChI=1S/C18H24N2O2S/c1-2-3-4-5-9-19-18-20-15(13-23-18)14-7-8-16-17(12-14)22-11-6-10-21-16/h7-8,12-13H,2-6,9-11H2,1H3,(H,19,20). The molecule has 1 aliphatic heterocycles. The SMILES string of the molecule is CCCCCCNc1nc(-c2ccc3c(c2)OCCCO3)cs1. The highest BCUT2D eigenvalue weighted by molar-refractivity contribution is 7.14. The van der Waals surface area contributed by atoms with Gasteiger partial charge in [0.25, 0.3) is 0 Å². The summed E-state index contributed by atoms with van der Waals surface area (Å²) in [4.78, 5) is 4.68. The first kappa shape index (κ1) is 16.1. The molecule has 0 spiro atoms. The first-order chi connectivity index (χ1) is 11.4. The Labute approximate surface area is 141 Å². The van der Waals surface area contributed by atoms with E-state index in [1.54, 1.807) is 11.3 Å². The maximum absolute atomic E-state index is 5.75. The summed E-state index contributed by atoms with van der Waals surface area (Å²) in [7, 11) is 0. The summed E-state index contributed by atoms with van der Waals surface area (Å²) in [5.74, 6) is 1.65. The van der Waals surface area contributed by atoms with Crippen molar-refractivity contribution in [2.24, 2.45) is 0 Å². The third-order valence-corrected chi connectivity index (χ3v) is 4.65. The molecule has 23 heavy (non-hydrogen) atoms. The first-order valence-electron chi connectivity index (χ1n) is 8.46. The van der Waals surface area contributed by atoms with Gasteiger partial charge in [-0.1, -0.05) is 26.2 Å². The molecule has 0 bridgehead atoms. The molecule has 5 heteroatoms. The lowest BCUT2D eigenvalue weighted by atomic mass is 10.1. The number of unbranched alkanes of at least 4 members (excludes halogenated alkanes) is 3. The van der Waals surface area contributed by atoms with Crippen molar-refractivity contribution in [1.29, 1.82) is 0 Å². The highest BCUT2D eigenvalue weighted by Crippen LogP contribution is 2.35. The number of thiazole rings is 1. The monoisotopic (exact) mass is 332 g/mol. The van der Waals surface area contributed by atoms with E-state index in [2.05, 4.69) is 22.6 Å². The fourth-order valence-electron chi connectivity index (χ4n) is 2.56. The van der Waals surface area contributed by atoms with E-state index in [1.165, 1.54) is 25.7 Å². The molecule has 124 valence electrons. The number of fused-ring (bicyclic) bond motifs is 1. The van der Waals surface area contributed by atoms with Gasteiger partial charge in [0.05, 0.1) is 18.9 Å². The van der Waals surface area contributed by atoms with Gasteiger partial charge in [0.15, 0.2) is 16.6 Å². The predicted octanol–water partition coefficient (Wildman–Crippen LogP) is 4.96. The van der Waals surface area contributed by atoms with Crippen molar-refractivity contribution in [3.05, 3.63) is 23.6 Å². The Morgan fingerprint density at radius 3 is 2.87 bits per heavy atom. The van der Waals surface area contributed by atoms with Crippen LogP contribution in [-0.2, 0) is 0 Å². The Balaban J connectivity index is 1.62. The molecule has 0 amide bonds. The number of aromatic nitrogens is 1. The molecule has 0 unspecified atom stereocenters. The van der Waals surface area contributed by atoms with Gasteiger partial charge in [0.1, 0.15) is 0 Å². The second kappa shape index (κ2) is 8.20. The predicted molar refractivity (Wildman–Crippen MR) is 95.8 cm³/mol. The third kappa shape index (κ3) is 4.38. The molecular weight excluding hydrogens is 308 g/mol. The van der Waals surface area contributed by atoms with Gasteiger partial charge in [-0.15, -0.1) is 11.3 Å². The Hall–Kier alpha value is -1.75. The molecule has 2 heterocycles. The number of rotatable bonds is 7. The molecule has 3 rings (SSSR count). The van der Waals surface area contributed by atoms with E-state index < -0.39 is 0 Å².